The van der Waals surface area contributed by atoms with E-state index in [1.165, 1.54) is 5.01 Å². The van der Waals surface area contributed by atoms with Crippen molar-refractivity contribution in [3.8, 4) is 11.3 Å². The molecule has 5 rings (SSSR count). The van der Waals surface area contributed by atoms with Gasteiger partial charge in [-0.25, -0.2) is 4.98 Å². The summed E-state index contributed by atoms with van der Waals surface area (Å²) in [6, 6.07) is 5.94. The van der Waals surface area contributed by atoms with Crippen molar-refractivity contribution in [3.05, 3.63) is 50.7 Å². The number of aromatic amines is 2. The normalized spacial score (nSPS) is 15.2. The number of thiazole rings is 1. The Kier molecular flexibility index (Phi) is 4.88. The molecule has 1 fully saturated rings. The fraction of sp³-hybridized carbons (Fsp3) is 0.318. The van der Waals surface area contributed by atoms with E-state index in [1.807, 2.05) is 18.2 Å². The maximum atomic E-state index is 12.5. The number of piperidine rings is 1. The molecule has 8 heteroatoms. The molecule has 0 spiro atoms. The first kappa shape index (κ1) is 19.0. The predicted octanol–water partition coefficient (Wildman–Crippen LogP) is 3.62. The number of aliphatic carboxylic acids is 1. The van der Waals surface area contributed by atoms with Crippen LogP contribution in [0.15, 0.2) is 34.6 Å². The molecule has 1 aliphatic rings. The Morgan fingerprint density at radius 3 is 2.90 bits per heavy atom. The first-order valence-electron chi connectivity index (χ1n) is 10.1. The molecule has 1 aromatic carbocycles. The molecule has 0 bridgehead atoms. The Bertz CT molecular complexity index is 1300. The number of H-pyrrole nitrogens is 2. The summed E-state index contributed by atoms with van der Waals surface area (Å²) in [5.41, 5.74) is 3.80. The minimum absolute atomic E-state index is 0.0205. The molecular formula is C22H22N4O3S. The van der Waals surface area contributed by atoms with E-state index in [2.05, 4.69) is 20.7 Å². The van der Waals surface area contributed by atoms with Crippen LogP contribution >= 0.6 is 11.3 Å². The summed E-state index contributed by atoms with van der Waals surface area (Å²) in [7, 11) is 0. The molecule has 4 N–H and O–H groups in total. The molecule has 0 saturated carbocycles. The number of carboxylic acid groups (broad SMARTS) is 1. The number of carbonyl (C=O) groups is 1. The summed E-state index contributed by atoms with van der Waals surface area (Å²) < 4.78 is 0. The number of benzene rings is 1. The number of rotatable bonds is 5. The number of fused-ring (bicyclic) bond motifs is 3. The Labute approximate surface area is 176 Å². The number of hydrogen-bond donors (Lipinski definition) is 4. The van der Waals surface area contributed by atoms with E-state index in [9.17, 15) is 9.59 Å². The quantitative estimate of drug-likeness (QED) is 0.393. The summed E-state index contributed by atoms with van der Waals surface area (Å²) in [6.45, 7) is 2.07. The van der Waals surface area contributed by atoms with Crippen LogP contribution in [-0.4, -0.2) is 39.1 Å². The van der Waals surface area contributed by atoms with Crippen LogP contribution in [0.25, 0.3) is 33.1 Å². The zero-order chi connectivity index (χ0) is 20.7. The van der Waals surface area contributed by atoms with Gasteiger partial charge in [0.1, 0.15) is 5.52 Å². The Hall–Kier alpha value is -2.97. The zero-order valence-electron chi connectivity index (χ0n) is 16.3. The standard InChI is InChI=1S/C22H22N4O3S/c27-18(28)4-2-14-10-24-20-19(14)15-9-13(1-3-16(15)25-21(20)29)17-11-30-22(26-17)12-5-7-23-8-6-12/h1,3,9-12,23-24H,2,4-8H2,(H,25,29)(H,27,28). The summed E-state index contributed by atoms with van der Waals surface area (Å²) in [6.07, 6.45) is 4.36. The highest BCUT2D eigenvalue weighted by Crippen LogP contribution is 2.33. The fourth-order valence-electron chi connectivity index (χ4n) is 4.27. The molecule has 0 radical (unpaired) electrons. The van der Waals surface area contributed by atoms with Gasteiger partial charge in [-0.1, -0.05) is 6.07 Å². The molecule has 3 aromatic heterocycles. The van der Waals surface area contributed by atoms with Gasteiger partial charge in [0.25, 0.3) is 5.56 Å². The van der Waals surface area contributed by atoms with Crippen LogP contribution in [0.2, 0.25) is 0 Å². The van der Waals surface area contributed by atoms with E-state index in [-0.39, 0.29) is 12.0 Å². The molecule has 0 unspecified atom stereocenters. The molecule has 7 nitrogen and oxygen atoms in total. The number of nitrogens with one attached hydrogen (secondary N) is 3. The number of nitrogens with zero attached hydrogens (tertiary/aromatic N) is 1. The van der Waals surface area contributed by atoms with Gasteiger partial charge in [-0.3, -0.25) is 9.59 Å². The SMILES string of the molecule is O=C(O)CCc1c[nH]c2c(=O)[nH]c3ccc(-c4csc(C5CCNCC5)n4)cc3c12. The molecule has 1 aliphatic heterocycles. The van der Waals surface area contributed by atoms with Gasteiger partial charge in [0, 0.05) is 45.8 Å². The van der Waals surface area contributed by atoms with E-state index >= 15 is 0 Å². The molecular weight excluding hydrogens is 400 g/mol. The fourth-order valence-corrected chi connectivity index (χ4v) is 5.27. The van der Waals surface area contributed by atoms with Crippen molar-refractivity contribution in [2.45, 2.75) is 31.6 Å². The number of aromatic nitrogens is 3. The van der Waals surface area contributed by atoms with Crippen LogP contribution in [-0.2, 0) is 11.2 Å². The van der Waals surface area contributed by atoms with Crippen LogP contribution in [0.4, 0.5) is 0 Å². The summed E-state index contributed by atoms with van der Waals surface area (Å²) >= 11 is 1.71. The largest absolute Gasteiger partial charge is 0.481 e. The third kappa shape index (κ3) is 3.42. The summed E-state index contributed by atoms with van der Waals surface area (Å²) in [5, 5.41) is 17.4. The van der Waals surface area contributed by atoms with Crippen molar-refractivity contribution in [1.29, 1.82) is 0 Å². The lowest BCUT2D eigenvalue weighted by atomic mass is 9.99. The van der Waals surface area contributed by atoms with E-state index in [1.54, 1.807) is 17.5 Å². The Morgan fingerprint density at radius 2 is 2.10 bits per heavy atom. The number of carboxylic acids is 1. The number of pyridine rings is 1. The lowest BCUT2D eigenvalue weighted by Crippen LogP contribution is -2.26. The maximum absolute atomic E-state index is 12.5. The highest BCUT2D eigenvalue weighted by molar-refractivity contribution is 7.10. The van der Waals surface area contributed by atoms with Gasteiger partial charge in [-0.05, 0) is 50.0 Å². The number of aryl methyl sites for hydroxylation is 1. The second-order valence-corrected chi connectivity index (χ2v) is 8.66. The topological polar surface area (TPSA) is 111 Å². The molecule has 4 heterocycles. The van der Waals surface area contributed by atoms with E-state index in [0.717, 1.165) is 59.0 Å². The zero-order valence-corrected chi connectivity index (χ0v) is 17.1. The highest BCUT2D eigenvalue weighted by atomic mass is 32.1. The van der Waals surface area contributed by atoms with Crippen molar-refractivity contribution >= 4 is 39.1 Å². The Balaban J connectivity index is 1.59. The minimum atomic E-state index is -0.855. The van der Waals surface area contributed by atoms with Crippen LogP contribution in [0.1, 0.15) is 35.8 Å². The molecule has 30 heavy (non-hydrogen) atoms. The lowest BCUT2D eigenvalue weighted by Gasteiger charge is -2.20. The molecule has 0 amide bonds. The first-order chi connectivity index (χ1) is 14.6. The predicted molar refractivity (Wildman–Crippen MR) is 118 cm³/mol. The minimum Gasteiger partial charge on any atom is -0.481 e. The van der Waals surface area contributed by atoms with Crippen LogP contribution in [0, 0.1) is 0 Å². The van der Waals surface area contributed by atoms with Crippen LogP contribution < -0.4 is 10.9 Å². The van der Waals surface area contributed by atoms with Crippen molar-refractivity contribution in [1.82, 2.24) is 20.3 Å². The molecule has 1 saturated heterocycles. The second-order valence-electron chi connectivity index (χ2n) is 7.77. The molecule has 0 atom stereocenters. The Morgan fingerprint density at radius 1 is 1.27 bits per heavy atom. The maximum Gasteiger partial charge on any atom is 0.303 e. The van der Waals surface area contributed by atoms with Crippen LogP contribution in [0.3, 0.4) is 0 Å². The van der Waals surface area contributed by atoms with Crippen molar-refractivity contribution in [3.63, 3.8) is 0 Å². The van der Waals surface area contributed by atoms with Crippen molar-refractivity contribution in [2.75, 3.05) is 13.1 Å². The average molecular weight is 423 g/mol. The van der Waals surface area contributed by atoms with Crippen molar-refractivity contribution in [2.24, 2.45) is 0 Å². The van der Waals surface area contributed by atoms with Gasteiger partial charge in [0.15, 0.2) is 0 Å². The monoisotopic (exact) mass is 422 g/mol. The molecule has 4 aromatic rings. The van der Waals surface area contributed by atoms with Gasteiger partial charge >= 0.3 is 5.97 Å². The van der Waals surface area contributed by atoms with Crippen molar-refractivity contribution < 1.29 is 9.90 Å². The summed E-state index contributed by atoms with van der Waals surface area (Å²) in [4.78, 5) is 34.4. The van der Waals surface area contributed by atoms with Gasteiger partial charge < -0.3 is 20.4 Å². The molecule has 154 valence electrons. The van der Waals surface area contributed by atoms with Gasteiger partial charge in [-0.2, -0.15) is 0 Å². The number of hydrogen-bond acceptors (Lipinski definition) is 5. The van der Waals surface area contributed by atoms with E-state index < -0.39 is 5.97 Å². The first-order valence-corrected chi connectivity index (χ1v) is 11.0. The lowest BCUT2D eigenvalue weighted by molar-refractivity contribution is -0.136. The van der Waals surface area contributed by atoms with E-state index in [0.29, 0.717) is 17.9 Å². The van der Waals surface area contributed by atoms with Gasteiger partial charge in [0.2, 0.25) is 0 Å². The van der Waals surface area contributed by atoms with Gasteiger partial charge in [-0.15, -0.1) is 11.3 Å². The third-order valence-electron chi connectivity index (χ3n) is 5.84. The van der Waals surface area contributed by atoms with Gasteiger partial charge in [0.05, 0.1) is 10.7 Å². The summed E-state index contributed by atoms with van der Waals surface area (Å²) in [5.74, 6) is -0.340. The van der Waals surface area contributed by atoms with E-state index in [4.69, 9.17) is 10.1 Å². The van der Waals surface area contributed by atoms with Crippen LogP contribution in [0.5, 0.6) is 0 Å². The second kappa shape index (κ2) is 7.70. The highest BCUT2D eigenvalue weighted by Gasteiger charge is 2.19. The smallest absolute Gasteiger partial charge is 0.303 e. The third-order valence-corrected chi connectivity index (χ3v) is 6.85. The average Bonchev–Trinajstić information content (AvgIpc) is 3.41. The molecule has 0 aliphatic carbocycles.